The molecule has 22 heavy (non-hydrogen) atoms. The standard InChI is InChI=1S/C12H20F3N3OS2.ClH/c13-12(14,15)10(18-3-1-16-2-4-18)7-17-11(19)9-8-20-5-6-21-9;/h9-10,16H,1-8H2,(H,17,19);1H. The van der Waals surface area contributed by atoms with Crippen LogP contribution >= 0.6 is 35.9 Å². The number of carbonyl (C=O) groups is 1. The van der Waals surface area contributed by atoms with E-state index in [4.69, 9.17) is 0 Å². The van der Waals surface area contributed by atoms with Crippen LogP contribution in [0.25, 0.3) is 0 Å². The van der Waals surface area contributed by atoms with Crippen LogP contribution in [0.1, 0.15) is 0 Å². The molecule has 2 heterocycles. The van der Waals surface area contributed by atoms with Crippen molar-refractivity contribution in [2.75, 3.05) is 50.0 Å². The third kappa shape index (κ3) is 5.99. The fourth-order valence-corrected chi connectivity index (χ4v) is 4.98. The Bertz CT molecular complexity index is 351. The third-order valence-corrected chi connectivity index (χ3v) is 6.30. The Morgan fingerprint density at radius 2 is 2.00 bits per heavy atom. The maximum atomic E-state index is 13.2. The van der Waals surface area contributed by atoms with Crippen molar-refractivity contribution in [3.8, 4) is 0 Å². The highest BCUT2D eigenvalue weighted by atomic mass is 35.5. The molecule has 4 nitrogen and oxygen atoms in total. The molecule has 0 aromatic rings. The second-order valence-electron chi connectivity index (χ2n) is 5.02. The lowest BCUT2D eigenvalue weighted by Gasteiger charge is -2.36. The SMILES string of the molecule is Cl.O=C(NCC(N1CCNCC1)C(F)(F)F)C1CSCCS1. The van der Waals surface area contributed by atoms with Gasteiger partial charge in [-0.2, -0.15) is 24.9 Å². The second-order valence-corrected chi connectivity index (χ2v) is 7.48. The van der Waals surface area contributed by atoms with E-state index >= 15 is 0 Å². The summed E-state index contributed by atoms with van der Waals surface area (Å²) in [5.74, 6) is 2.29. The Morgan fingerprint density at radius 1 is 1.32 bits per heavy atom. The largest absolute Gasteiger partial charge is 0.405 e. The summed E-state index contributed by atoms with van der Waals surface area (Å²) in [5.41, 5.74) is 0. The van der Waals surface area contributed by atoms with Gasteiger partial charge in [-0.15, -0.1) is 24.2 Å². The van der Waals surface area contributed by atoms with Crippen molar-refractivity contribution < 1.29 is 18.0 Å². The van der Waals surface area contributed by atoms with Crippen LogP contribution in [-0.4, -0.2) is 78.3 Å². The van der Waals surface area contributed by atoms with E-state index in [2.05, 4.69) is 10.6 Å². The van der Waals surface area contributed by atoms with Gasteiger partial charge in [-0.3, -0.25) is 9.69 Å². The molecule has 2 atom stereocenters. The molecule has 2 N–H and O–H groups in total. The molecule has 130 valence electrons. The minimum absolute atomic E-state index is 0. The van der Waals surface area contributed by atoms with E-state index in [-0.39, 0.29) is 30.1 Å². The molecule has 0 spiro atoms. The third-order valence-electron chi connectivity index (χ3n) is 3.55. The molecular weight excluding hydrogens is 359 g/mol. The molecule has 2 saturated heterocycles. The molecule has 0 bridgehead atoms. The number of nitrogens with zero attached hydrogens (tertiary/aromatic N) is 1. The van der Waals surface area contributed by atoms with E-state index < -0.39 is 12.2 Å². The van der Waals surface area contributed by atoms with Gasteiger partial charge in [0.25, 0.3) is 0 Å². The first-order valence-corrected chi connectivity index (χ1v) is 9.17. The Balaban J connectivity index is 0.00000242. The minimum atomic E-state index is -4.32. The summed E-state index contributed by atoms with van der Waals surface area (Å²) in [6.07, 6.45) is -4.32. The molecule has 0 aromatic carbocycles. The van der Waals surface area contributed by atoms with E-state index in [9.17, 15) is 18.0 Å². The first kappa shape index (κ1) is 20.2. The number of carbonyl (C=O) groups excluding carboxylic acids is 1. The first-order chi connectivity index (χ1) is 9.98. The maximum absolute atomic E-state index is 13.2. The van der Waals surface area contributed by atoms with Gasteiger partial charge in [-0.25, -0.2) is 0 Å². The molecular formula is C12H21ClF3N3OS2. The molecule has 1 amide bonds. The zero-order valence-electron chi connectivity index (χ0n) is 12.0. The average Bonchev–Trinajstić information content (AvgIpc) is 2.48. The predicted octanol–water partition coefficient (Wildman–Crippen LogP) is 1.21. The number of rotatable bonds is 4. The number of amides is 1. The highest BCUT2D eigenvalue weighted by Gasteiger charge is 2.44. The quantitative estimate of drug-likeness (QED) is 0.768. The molecule has 10 heteroatoms. The Hall–Kier alpha value is 0.170. The fraction of sp³-hybridized carbons (Fsp3) is 0.917. The zero-order chi connectivity index (χ0) is 15.3. The van der Waals surface area contributed by atoms with Crippen LogP contribution in [0.4, 0.5) is 13.2 Å². The van der Waals surface area contributed by atoms with Crippen LogP contribution in [0.5, 0.6) is 0 Å². The van der Waals surface area contributed by atoms with Crippen molar-refractivity contribution in [1.82, 2.24) is 15.5 Å². The molecule has 2 unspecified atom stereocenters. The van der Waals surface area contributed by atoms with Crippen LogP contribution in [-0.2, 0) is 4.79 Å². The maximum Gasteiger partial charge on any atom is 0.405 e. The minimum Gasteiger partial charge on any atom is -0.353 e. The summed E-state index contributed by atoms with van der Waals surface area (Å²) in [7, 11) is 0. The normalized spacial score (nSPS) is 25.1. The van der Waals surface area contributed by atoms with Crippen LogP contribution in [0, 0.1) is 0 Å². The van der Waals surface area contributed by atoms with Crippen molar-refractivity contribution in [3.63, 3.8) is 0 Å². The van der Waals surface area contributed by atoms with Gasteiger partial charge < -0.3 is 10.6 Å². The summed E-state index contributed by atoms with van der Waals surface area (Å²) in [5, 5.41) is 5.31. The van der Waals surface area contributed by atoms with E-state index in [1.54, 1.807) is 11.8 Å². The summed E-state index contributed by atoms with van der Waals surface area (Å²) >= 11 is 3.20. The predicted molar refractivity (Wildman–Crippen MR) is 88.1 cm³/mol. The van der Waals surface area contributed by atoms with Crippen molar-refractivity contribution in [3.05, 3.63) is 0 Å². The lowest BCUT2D eigenvalue weighted by molar-refractivity contribution is -0.184. The molecule has 2 aliphatic rings. The monoisotopic (exact) mass is 379 g/mol. The fourth-order valence-electron chi connectivity index (χ4n) is 2.40. The van der Waals surface area contributed by atoms with Crippen molar-refractivity contribution in [2.24, 2.45) is 0 Å². The van der Waals surface area contributed by atoms with Gasteiger partial charge in [0, 0.05) is 50.0 Å². The summed E-state index contributed by atoms with van der Waals surface area (Å²) in [6.45, 7) is 1.46. The number of halogens is 4. The lowest BCUT2D eigenvalue weighted by atomic mass is 10.2. The number of hydrogen-bond acceptors (Lipinski definition) is 5. The summed E-state index contributed by atoms with van der Waals surface area (Å²) in [6, 6.07) is -1.59. The number of piperazine rings is 1. The van der Waals surface area contributed by atoms with Gasteiger partial charge >= 0.3 is 6.18 Å². The zero-order valence-corrected chi connectivity index (χ0v) is 14.5. The number of hydrogen-bond donors (Lipinski definition) is 2. The van der Waals surface area contributed by atoms with E-state index in [1.165, 1.54) is 16.7 Å². The second kappa shape index (κ2) is 9.46. The molecule has 0 radical (unpaired) electrons. The lowest BCUT2D eigenvalue weighted by Crippen LogP contribution is -2.58. The van der Waals surface area contributed by atoms with Gasteiger partial charge in [0.15, 0.2) is 0 Å². The molecule has 2 aliphatic heterocycles. The van der Waals surface area contributed by atoms with E-state index in [0.717, 1.165) is 11.5 Å². The van der Waals surface area contributed by atoms with Gasteiger partial charge in [-0.1, -0.05) is 0 Å². The number of thioether (sulfide) groups is 2. The van der Waals surface area contributed by atoms with Crippen LogP contribution in [0.2, 0.25) is 0 Å². The molecule has 0 aliphatic carbocycles. The van der Waals surface area contributed by atoms with Crippen LogP contribution in [0.15, 0.2) is 0 Å². The highest BCUT2D eigenvalue weighted by molar-refractivity contribution is 8.07. The van der Waals surface area contributed by atoms with Gasteiger partial charge in [0.1, 0.15) is 6.04 Å². The number of alkyl halides is 3. The summed E-state index contributed by atoms with van der Waals surface area (Å²) < 4.78 is 39.5. The van der Waals surface area contributed by atoms with Gasteiger partial charge in [0.05, 0.1) is 5.25 Å². The first-order valence-electron chi connectivity index (χ1n) is 6.97. The van der Waals surface area contributed by atoms with E-state index in [0.29, 0.717) is 31.9 Å². The Morgan fingerprint density at radius 3 is 2.55 bits per heavy atom. The summed E-state index contributed by atoms with van der Waals surface area (Å²) in [4.78, 5) is 13.4. The highest BCUT2D eigenvalue weighted by Crippen LogP contribution is 2.26. The van der Waals surface area contributed by atoms with Crippen LogP contribution in [0.3, 0.4) is 0 Å². The smallest absolute Gasteiger partial charge is 0.353 e. The number of nitrogens with one attached hydrogen (secondary N) is 2. The van der Waals surface area contributed by atoms with Gasteiger partial charge in [0.2, 0.25) is 5.91 Å². The Kier molecular flexibility index (Phi) is 8.69. The van der Waals surface area contributed by atoms with Crippen molar-refractivity contribution >= 4 is 41.8 Å². The van der Waals surface area contributed by atoms with Crippen LogP contribution < -0.4 is 10.6 Å². The molecule has 2 fully saturated rings. The van der Waals surface area contributed by atoms with E-state index in [1.807, 2.05) is 0 Å². The average molecular weight is 380 g/mol. The molecule has 0 aromatic heterocycles. The molecule has 2 rings (SSSR count). The Labute approximate surface area is 143 Å². The van der Waals surface area contributed by atoms with Crippen molar-refractivity contribution in [2.45, 2.75) is 17.5 Å². The van der Waals surface area contributed by atoms with Crippen molar-refractivity contribution in [1.29, 1.82) is 0 Å². The topological polar surface area (TPSA) is 44.4 Å². The molecule has 0 saturated carbocycles. The van der Waals surface area contributed by atoms with Gasteiger partial charge in [-0.05, 0) is 0 Å².